The molecule has 2 rings (SSSR count). The highest BCUT2D eigenvalue weighted by atomic mass is 16.3. The fourth-order valence-electron chi connectivity index (χ4n) is 2.65. The molecule has 0 spiro atoms. The van der Waals surface area contributed by atoms with Crippen LogP contribution in [0.2, 0.25) is 0 Å². The normalized spacial score (nSPS) is 25.3. The zero-order chi connectivity index (χ0) is 13.0. The van der Waals surface area contributed by atoms with Crippen LogP contribution in [0.1, 0.15) is 37.2 Å². The zero-order valence-electron chi connectivity index (χ0n) is 10.4. The molecule has 1 saturated carbocycles. The van der Waals surface area contributed by atoms with Gasteiger partial charge in [-0.1, -0.05) is 36.9 Å². The Kier molecular flexibility index (Phi) is 3.81. The topological polar surface area (TPSA) is 37.3 Å². The van der Waals surface area contributed by atoms with E-state index in [1.165, 1.54) is 0 Å². The van der Waals surface area contributed by atoms with Crippen LogP contribution in [0.15, 0.2) is 48.7 Å². The second kappa shape index (κ2) is 5.34. The Morgan fingerprint density at radius 3 is 2.67 bits per heavy atom. The van der Waals surface area contributed by atoms with Crippen molar-refractivity contribution in [2.75, 3.05) is 0 Å². The first-order valence-corrected chi connectivity index (χ1v) is 6.35. The molecule has 0 aliphatic heterocycles. The largest absolute Gasteiger partial charge is 0.381 e. The van der Waals surface area contributed by atoms with Crippen molar-refractivity contribution in [1.82, 2.24) is 0 Å². The zero-order valence-corrected chi connectivity index (χ0v) is 10.4. The van der Waals surface area contributed by atoms with Gasteiger partial charge in [-0.25, -0.2) is 0 Å². The standard InChI is InChI=1S/C16H18O2/c1-2-8-14(13-9-4-3-5-10-13)16(18)12-7-6-11-15(16)17/h3-5,8-10,14,18H,1,6-7,11-12H2/t14-,16-/m1/s1. The van der Waals surface area contributed by atoms with Gasteiger partial charge in [-0.2, -0.15) is 0 Å². The summed E-state index contributed by atoms with van der Waals surface area (Å²) in [6.45, 7) is 3.57. The van der Waals surface area contributed by atoms with E-state index in [1.807, 2.05) is 30.3 Å². The molecule has 1 aromatic carbocycles. The van der Waals surface area contributed by atoms with Crippen LogP contribution in [0.5, 0.6) is 0 Å². The van der Waals surface area contributed by atoms with Gasteiger partial charge in [-0.15, -0.1) is 5.73 Å². The molecule has 94 valence electrons. The molecular formula is C16H18O2. The van der Waals surface area contributed by atoms with Crippen LogP contribution in [0.25, 0.3) is 0 Å². The fourth-order valence-corrected chi connectivity index (χ4v) is 2.65. The lowest BCUT2D eigenvalue weighted by atomic mass is 9.72. The van der Waals surface area contributed by atoms with Crippen molar-refractivity contribution in [2.24, 2.45) is 0 Å². The molecular weight excluding hydrogens is 224 g/mol. The summed E-state index contributed by atoms with van der Waals surface area (Å²) < 4.78 is 0. The highest BCUT2D eigenvalue weighted by molar-refractivity contribution is 5.89. The number of Topliss-reactive ketones (excluding diaryl/α,β-unsaturated/α-hetero) is 1. The molecule has 0 heterocycles. The molecule has 1 N–H and O–H groups in total. The van der Waals surface area contributed by atoms with Gasteiger partial charge in [-0.3, -0.25) is 4.79 Å². The molecule has 0 unspecified atom stereocenters. The lowest BCUT2D eigenvalue weighted by Crippen LogP contribution is -2.46. The molecule has 0 aromatic heterocycles. The number of benzene rings is 1. The highest BCUT2D eigenvalue weighted by Gasteiger charge is 2.44. The maximum Gasteiger partial charge on any atom is 0.165 e. The number of carbonyl (C=O) groups excluding carboxylic acids is 1. The van der Waals surface area contributed by atoms with E-state index in [1.54, 1.807) is 6.08 Å². The molecule has 1 aromatic rings. The lowest BCUT2D eigenvalue weighted by molar-refractivity contribution is -0.142. The summed E-state index contributed by atoms with van der Waals surface area (Å²) in [5, 5.41) is 10.7. The van der Waals surface area contributed by atoms with E-state index in [-0.39, 0.29) is 11.7 Å². The second-order valence-electron chi connectivity index (χ2n) is 4.81. The van der Waals surface area contributed by atoms with Crippen molar-refractivity contribution in [1.29, 1.82) is 0 Å². The Labute approximate surface area is 108 Å². The number of hydrogen-bond acceptors (Lipinski definition) is 2. The minimum Gasteiger partial charge on any atom is -0.381 e. The maximum absolute atomic E-state index is 12.1. The van der Waals surface area contributed by atoms with Crippen LogP contribution in [0, 0.1) is 0 Å². The Morgan fingerprint density at radius 1 is 1.33 bits per heavy atom. The SMILES string of the molecule is C=C=C[C@H](c1ccccc1)[C@]1(O)CCCCC1=O. The van der Waals surface area contributed by atoms with Crippen LogP contribution in [-0.2, 0) is 4.79 Å². The first-order chi connectivity index (χ1) is 8.68. The third-order valence-electron chi connectivity index (χ3n) is 3.65. The predicted octanol–water partition coefficient (Wildman–Crippen LogP) is 2.99. The van der Waals surface area contributed by atoms with Crippen LogP contribution < -0.4 is 0 Å². The van der Waals surface area contributed by atoms with Crippen molar-refractivity contribution in [3.8, 4) is 0 Å². The molecule has 0 radical (unpaired) electrons. The van der Waals surface area contributed by atoms with Crippen molar-refractivity contribution in [2.45, 2.75) is 37.2 Å². The number of rotatable bonds is 3. The molecule has 1 aliphatic carbocycles. The van der Waals surface area contributed by atoms with Crippen molar-refractivity contribution < 1.29 is 9.90 Å². The Balaban J connectivity index is 2.41. The molecule has 2 atom stereocenters. The van der Waals surface area contributed by atoms with Crippen molar-refractivity contribution in [3.05, 3.63) is 54.3 Å². The number of ketones is 1. The molecule has 0 amide bonds. The van der Waals surface area contributed by atoms with Gasteiger partial charge in [0, 0.05) is 12.3 Å². The third kappa shape index (κ3) is 2.31. The van der Waals surface area contributed by atoms with E-state index in [4.69, 9.17) is 0 Å². The Bertz CT molecular complexity index is 471. The summed E-state index contributed by atoms with van der Waals surface area (Å²) in [4.78, 5) is 12.1. The second-order valence-corrected chi connectivity index (χ2v) is 4.81. The summed E-state index contributed by atoms with van der Waals surface area (Å²) in [5.74, 6) is -0.405. The van der Waals surface area contributed by atoms with Crippen LogP contribution in [0.4, 0.5) is 0 Å². The van der Waals surface area contributed by atoms with Gasteiger partial charge in [0.1, 0.15) is 5.60 Å². The maximum atomic E-state index is 12.1. The average molecular weight is 242 g/mol. The summed E-state index contributed by atoms with van der Waals surface area (Å²) >= 11 is 0. The fraction of sp³-hybridized carbons (Fsp3) is 0.375. The lowest BCUT2D eigenvalue weighted by Gasteiger charge is -2.36. The average Bonchev–Trinajstić information content (AvgIpc) is 2.40. The summed E-state index contributed by atoms with van der Waals surface area (Å²) in [6.07, 6.45) is 4.45. The first kappa shape index (κ1) is 12.8. The number of aliphatic hydroxyl groups is 1. The van der Waals surface area contributed by atoms with Crippen LogP contribution >= 0.6 is 0 Å². The van der Waals surface area contributed by atoms with E-state index in [9.17, 15) is 9.90 Å². The minimum atomic E-state index is -1.29. The predicted molar refractivity (Wildman–Crippen MR) is 71.3 cm³/mol. The molecule has 2 heteroatoms. The van der Waals surface area contributed by atoms with Gasteiger partial charge in [0.25, 0.3) is 0 Å². The van der Waals surface area contributed by atoms with Crippen LogP contribution in [0.3, 0.4) is 0 Å². The monoisotopic (exact) mass is 242 g/mol. The van der Waals surface area contributed by atoms with E-state index in [0.29, 0.717) is 12.8 Å². The van der Waals surface area contributed by atoms with Crippen molar-refractivity contribution in [3.63, 3.8) is 0 Å². The summed E-state index contributed by atoms with van der Waals surface area (Å²) in [5.41, 5.74) is 2.37. The molecule has 1 aliphatic rings. The van der Waals surface area contributed by atoms with Gasteiger partial charge in [0.15, 0.2) is 5.78 Å². The van der Waals surface area contributed by atoms with Gasteiger partial charge < -0.3 is 5.11 Å². The molecule has 1 fully saturated rings. The van der Waals surface area contributed by atoms with Gasteiger partial charge >= 0.3 is 0 Å². The van der Waals surface area contributed by atoms with E-state index in [0.717, 1.165) is 18.4 Å². The number of hydrogen-bond donors (Lipinski definition) is 1. The van der Waals surface area contributed by atoms with Gasteiger partial charge in [-0.05, 0) is 30.9 Å². The van der Waals surface area contributed by atoms with E-state index < -0.39 is 5.60 Å². The number of carbonyl (C=O) groups is 1. The summed E-state index contributed by atoms with van der Waals surface area (Å²) in [6, 6.07) is 9.60. The third-order valence-corrected chi connectivity index (χ3v) is 3.65. The smallest absolute Gasteiger partial charge is 0.165 e. The van der Waals surface area contributed by atoms with Gasteiger partial charge in [0.05, 0.1) is 0 Å². The Hall–Kier alpha value is -1.63. The summed E-state index contributed by atoms with van der Waals surface area (Å²) in [7, 11) is 0. The Morgan fingerprint density at radius 2 is 2.06 bits per heavy atom. The first-order valence-electron chi connectivity index (χ1n) is 6.35. The molecule has 18 heavy (non-hydrogen) atoms. The molecule has 0 bridgehead atoms. The molecule has 2 nitrogen and oxygen atoms in total. The quantitative estimate of drug-likeness (QED) is 0.827. The highest BCUT2D eigenvalue weighted by Crippen LogP contribution is 2.38. The minimum absolute atomic E-state index is 0.0610. The van der Waals surface area contributed by atoms with E-state index >= 15 is 0 Å². The van der Waals surface area contributed by atoms with E-state index in [2.05, 4.69) is 12.3 Å². The van der Waals surface area contributed by atoms with Crippen molar-refractivity contribution >= 4 is 5.78 Å². The molecule has 0 saturated heterocycles. The van der Waals surface area contributed by atoms with Gasteiger partial charge in [0.2, 0.25) is 0 Å². The van der Waals surface area contributed by atoms with Crippen LogP contribution in [-0.4, -0.2) is 16.5 Å².